The van der Waals surface area contributed by atoms with E-state index in [0.717, 1.165) is 30.4 Å². The number of hydrogen-bond donors (Lipinski definition) is 1. The molecule has 0 aliphatic rings. The van der Waals surface area contributed by atoms with E-state index in [0.29, 0.717) is 5.02 Å². The maximum atomic E-state index is 6.29. The predicted molar refractivity (Wildman–Crippen MR) is 84.5 cm³/mol. The first-order chi connectivity index (χ1) is 8.66. The van der Waals surface area contributed by atoms with Gasteiger partial charge in [0.1, 0.15) is 0 Å². The van der Waals surface area contributed by atoms with Crippen LogP contribution in [0, 0.1) is 0 Å². The summed E-state index contributed by atoms with van der Waals surface area (Å²) in [5.41, 5.74) is 1.00. The van der Waals surface area contributed by atoms with E-state index in [1.165, 1.54) is 0 Å². The second-order valence-corrected chi connectivity index (χ2v) is 6.25. The topological polar surface area (TPSA) is 0 Å². The summed E-state index contributed by atoms with van der Waals surface area (Å²) in [4.78, 5) is 1.90. The SMILES string of the molecule is Sc1cccc(-c2cc3c(Cl)cccc3s2)c1Cl. The first-order valence-corrected chi connectivity index (χ1v) is 7.34. The summed E-state index contributed by atoms with van der Waals surface area (Å²) in [7, 11) is 0. The number of thiol groups is 1. The number of benzene rings is 2. The molecule has 0 atom stereocenters. The van der Waals surface area contributed by atoms with Gasteiger partial charge in [0.2, 0.25) is 0 Å². The van der Waals surface area contributed by atoms with Gasteiger partial charge in [-0.05, 0) is 24.3 Å². The number of thiophene rings is 1. The lowest BCUT2D eigenvalue weighted by atomic mass is 10.1. The van der Waals surface area contributed by atoms with Crippen molar-refractivity contribution in [3.8, 4) is 10.4 Å². The van der Waals surface area contributed by atoms with E-state index in [-0.39, 0.29) is 0 Å². The maximum absolute atomic E-state index is 6.29. The highest BCUT2D eigenvalue weighted by Gasteiger charge is 2.10. The van der Waals surface area contributed by atoms with Gasteiger partial charge in [0.05, 0.1) is 5.02 Å². The first-order valence-electron chi connectivity index (χ1n) is 5.33. The summed E-state index contributed by atoms with van der Waals surface area (Å²) in [6.07, 6.45) is 0. The molecule has 1 heterocycles. The van der Waals surface area contributed by atoms with Crippen molar-refractivity contribution in [1.29, 1.82) is 0 Å². The quantitative estimate of drug-likeness (QED) is 0.511. The monoisotopic (exact) mass is 310 g/mol. The fraction of sp³-hybridized carbons (Fsp3) is 0. The average molecular weight is 311 g/mol. The minimum atomic E-state index is 0.684. The standard InChI is InChI=1S/C14H8Cl2S2/c15-10-4-2-6-12-9(10)7-13(18-12)8-3-1-5-11(17)14(8)16/h1-7,17H. The van der Waals surface area contributed by atoms with E-state index in [1.807, 2.05) is 30.3 Å². The molecular formula is C14H8Cl2S2. The molecule has 0 amide bonds. The summed E-state index contributed by atoms with van der Waals surface area (Å²) in [5.74, 6) is 0. The zero-order chi connectivity index (χ0) is 12.7. The van der Waals surface area contributed by atoms with E-state index in [2.05, 4.69) is 24.8 Å². The van der Waals surface area contributed by atoms with Crippen molar-refractivity contribution in [2.75, 3.05) is 0 Å². The summed E-state index contributed by atoms with van der Waals surface area (Å²) in [5, 5.41) is 2.52. The molecule has 3 rings (SSSR count). The second kappa shape index (κ2) is 4.78. The van der Waals surface area contributed by atoms with Gasteiger partial charge in [0.15, 0.2) is 0 Å². The highest BCUT2D eigenvalue weighted by Crippen LogP contribution is 2.40. The fourth-order valence-corrected chi connectivity index (χ4v) is 3.76. The molecule has 90 valence electrons. The first kappa shape index (κ1) is 12.4. The van der Waals surface area contributed by atoms with E-state index in [9.17, 15) is 0 Å². The van der Waals surface area contributed by atoms with Gasteiger partial charge in [-0.1, -0.05) is 41.4 Å². The van der Waals surface area contributed by atoms with Crippen LogP contribution in [-0.2, 0) is 0 Å². The Morgan fingerprint density at radius 1 is 1.00 bits per heavy atom. The molecule has 3 aromatic rings. The number of rotatable bonds is 1. The van der Waals surface area contributed by atoms with Crippen molar-refractivity contribution in [2.24, 2.45) is 0 Å². The minimum absolute atomic E-state index is 0.684. The van der Waals surface area contributed by atoms with Crippen molar-refractivity contribution in [3.05, 3.63) is 52.5 Å². The third-order valence-electron chi connectivity index (χ3n) is 2.75. The maximum Gasteiger partial charge on any atom is 0.0625 e. The van der Waals surface area contributed by atoms with Crippen molar-refractivity contribution >= 4 is 57.3 Å². The zero-order valence-corrected chi connectivity index (χ0v) is 12.4. The van der Waals surface area contributed by atoms with Crippen molar-refractivity contribution in [3.63, 3.8) is 0 Å². The molecule has 0 fully saturated rings. The molecule has 0 N–H and O–H groups in total. The molecule has 0 aliphatic carbocycles. The van der Waals surface area contributed by atoms with Crippen molar-refractivity contribution in [1.82, 2.24) is 0 Å². The van der Waals surface area contributed by atoms with Crippen LogP contribution in [0.5, 0.6) is 0 Å². The highest BCUT2D eigenvalue weighted by molar-refractivity contribution is 7.80. The highest BCUT2D eigenvalue weighted by atomic mass is 35.5. The third kappa shape index (κ3) is 2.04. The lowest BCUT2D eigenvalue weighted by Gasteiger charge is -2.02. The Kier molecular flexibility index (Phi) is 3.29. The van der Waals surface area contributed by atoms with E-state index in [1.54, 1.807) is 11.3 Å². The molecule has 0 radical (unpaired) electrons. The summed E-state index contributed by atoms with van der Waals surface area (Å²) >= 11 is 18.5. The lowest BCUT2D eigenvalue weighted by Crippen LogP contribution is -1.76. The Morgan fingerprint density at radius 3 is 2.56 bits per heavy atom. The third-order valence-corrected chi connectivity index (χ3v) is 5.13. The van der Waals surface area contributed by atoms with Gasteiger partial charge in [-0.15, -0.1) is 24.0 Å². The molecule has 0 spiro atoms. The zero-order valence-electron chi connectivity index (χ0n) is 9.15. The van der Waals surface area contributed by atoms with Crippen LogP contribution >= 0.6 is 47.2 Å². The molecule has 0 aliphatic heterocycles. The molecule has 1 aromatic heterocycles. The van der Waals surface area contributed by atoms with Crippen LogP contribution in [0.2, 0.25) is 10.0 Å². The number of halogens is 2. The van der Waals surface area contributed by atoms with E-state index in [4.69, 9.17) is 23.2 Å². The Morgan fingerprint density at radius 2 is 1.78 bits per heavy atom. The molecule has 2 aromatic carbocycles. The Bertz CT molecular complexity index is 732. The molecule has 0 saturated carbocycles. The lowest BCUT2D eigenvalue weighted by molar-refractivity contribution is 1.48. The summed E-state index contributed by atoms with van der Waals surface area (Å²) < 4.78 is 1.16. The van der Waals surface area contributed by atoms with Crippen LogP contribution in [0.4, 0.5) is 0 Å². The molecular weight excluding hydrogens is 303 g/mol. The smallest absolute Gasteiger partial charge is 0.0625 e. The number of fused-ring (bicyclic) bond motifs is 1. The summed E-state index contributed by atoms with van der Waals surface area (Å²) in [6, 6.07) is 13.8. The molecule has 4 heteroatoms. The van der Waals surface area contributed by atoms with Crippen LogP contribution in [0.15, 0.2) is 47.4 Å². The second-order valence-electron chi connectivity index (χ2n) is 3.90. The van der Waals surface area contributed by atoms with Gasteiger partial charge in [0.25, 0.3) is 0 Å². The molecule has 0 saturated heterocycles. The Balaban J connectivity index is 2.26. The van der Waals surface area contributed by atoms with Gasteiger partial charge >= 0.3 is 0 Å². The molecule has 0 nitrogen and oxygen atoms in total. The van der Waals surface area contributed by atoms with Gasteiger partial charge in [-0.3, -0.25) is 0 Å². The molecule has 18 heavy (non-hydrogen) atoms. The van der Waals surface area contributed by atoms with Crippen LogP contribution in [0.3, 0.4) is 0 Å². The van der Waals surface area contributed by atoms with E-state index < -0.39 is 0 Å². The average Bonchev–Trinajstić information content (AvgIpc) is 2.78. The molecule has 0 bridgehead atoms. The minimum Gasteiger partial charge on any atom is -0.142 e. The van der Waals surface area contributed by atoms with Gasteiger partial charge in [-0.25, -0.2) is 0 Å². The van der Waals surface area contributed by atoms with Crippen LogP contribution in [0.25, 0.3) is 20.5 Å². The summed E-state index contributed by atoms with van der Waals surface area (Å²) in [6.45, 7) is 0. The Labute approximate surface area is 125 Å². The van der Waals surface area contributed by atoms with Gasteiger partial charge in [-0.2, -0.15) is 0 Å². The van der Waals surface area contributed by atoms with Crippen molar-refractivity contribution < 1.29 is 0 Å². The van der Waals surface area contributed by atoms with Crippen molar-refractivity contribution in [2.45, 2.75) is 4.90 Å². The van der Waals surface area contributed by atoms with Crippen LogP contribution in [0.1, 0.15) is 0 Å². The van der Waals surface area contributed by atoms with Gasteiger partial charge in [0, 0.05) is 30.4 Å². The Hall–Kier alpha value is -0.670. The van der Waals surface area contributed by atoms with Crippen LogP contribution < -0.4 is 0 Å². The normalized spacial score (nSPS) is 11.1. The van der Waals surface area contributed by atoms with Gasteiger partial charge < -0.3 is 0 Å². The van der Waals surface area contributed by atoms with Crippen LogP contribution in [-0.4, -0.2) is 0 Å². The predicted octanol–water partition coefficient (Wildman–Crippen LogP) is 6.16. The molecule has 0 unspecified atom stereocenters. The van der Waals surface area contributed by atoms with E-state index >= 15 is 0 Å². The number of hydrogen-bond acceptors (Lipinski definition) is 2. The fourth-order valence-electron chi connectivity index (χ4n) is 1.87. The largest absolute Gasteiger partial charge is 0.142 e.